The molecule has 0 spiro atoms. The number of piperidine rings is 1. The fourth-order valence-electron chi connectivity index (χ4n) is 2.64. The highest BCUT2D eigenvalue weighted by atomic mass is 16.5. The van der Waals surface area contributed by atoms with Crippen molar-refractivity contribution in [1.29, 1.82) is 0 Å². The summed E-state index contributed by atoms with van der Waals surface area (Å²) < 4.78 is 5.42. The van der Waals surface area contributed by atoms with Crippen LogP contribution in [0.3, 0.4) is 0 Å². The quantitative estimate of drug-likeness (QED) is 0.717. The van der Waals surface area contributed by atoms with E-state index in [4.69, 9.17) is 4.74 Å². The van der Waals surface area contributed by atoms with E-state index in [0.717, 1.165) is 32.5 Å². The average Bonchev–Trinajstić information content (AvgIpc) is 2.54. The molecule has 116 valence electrons. The maximum absolute atomic E-state index is 11.6. The third-order valence-corrected chi connectivity index (χ3v) is 3.88. The molecular formula is C17H26N2O2. The predicted octanol–water partition coefficient (Wildman–Crippen LogP) is 1.75. The summed E-state index contributed by atoms with van der Waals surface area (Å²) in [7, 11) is 0. The van der Waals surface area contributed by atoms with Crippen molar-refractivity contribution < 1.29 is 9.53 Å². The van der Waals surface area contributed by atoms with Crippen molar-refractivity contribution in [2.24, 2.45) is 5.92 Å². The molecule has 0 saturated carbocycles. The average molecular weight is 290 g/mol. The van der Waals surface area contributed by atoms with E-state index in [1.807, 2.05) is 18.2 Å². The number of benzene rings is 1. The number of rotatable bonds is 8. The molecule has 1 aromatic carbocycles. The first-order valence-corrected chi connectivity index (χ1v) is 7.93. The van der Waals surface area contributed by atoms with E-state index in [1.165, 1.54) is 18.4 Å². The summed E-state index contributed by atoms with van der Waals surface area (Å²) in [5.41, 5.74) is 1.24. The second-order valence-corrected chi connectivity index (χ2v) is 5.64. The molecule has 4 heteroatoms. The van der Waals surface area contributed by atoms with Gasteiger partial charge in [-0.15, -0.1) is 0 Å². The number of nitrogens with one attached hydrogen (secondary N) is 2. The van der Waals surface area contributed by atoms with Gasteiger partial charge in [0, 0.05) is 6.54 Å². The zero-order valence-corrected chi connectivity index (χ0v) is 12.6. The molecule has 1 unspecified atom stereocenters. The minimum Gasteiger partial charge on any atom is -0.371 e. The summed E-state index contributed by atoms with van der Waals surface area (Å²) in [6, 6.07) is 10.2. The smallest absolute Gasteiger partial charge is 0.245 e. The van der Waals surface area contributed by atoms with Gasteiger partial charge in [0.05, 0.1) is 6.61 Å². The largest absolute Gasteiger partial charge is 0.371 e. The summed E-state index contributed by atoms with van der Waals surface area (Å²) in [6.45, 7) is 3.73. The molecule has 0 bridgehead atoms. The maximum atomic E-state index is 11.6. The van der Waals surface area contributed by atoms with Crippen LogP contribution in [0, 0.1) is 5.92 Å². The molecule has 1 amide bonds. The van der Waals surface area contributed by atoms with Crippen LogP contribution in [-0.2, 0) is 16.0 Å². The van der Waals surface area contributed by atoms with Gasteiger partial charge >= 0.3 is 0 Å². The highest BCUT2D eigenvalue weighted by Crippen LogP contribution is 2.12. The molecule has 1 heterocycles. The lowest BCUT2D eigenvalue weighted by Gasteiger charge is -2.22. The van der Waals surface area contributed by atoms with Gasteiger partial charge in [-0.3, -0.25) is 4.79 Å². The highest BCUT2D eigenvalue weighted by Gasteiger charge is 2.12. The summed E-state index contributed by atoms with van der Waals surface area (Å²) in [4.78, 5) is 11.6. The van der Waals surface area contributed by atoms with E-state index < -0.39 is 0 Å². The summed E-state index contributed by atoms with van der Waals surface area (Å²) in [5.74, 6) is 0.699. The maximum Gasteiger partial charge on any atom is 0.245 e. The van der Waals surface area contributed by atoms with Crippen molar-refractivity contribution in [3.63, 3.8) is 0 Å². The van der Waals surface area contributed by atoms with Gasteiger partial charge in [0.15, 0.2) is 0 Å². The van der Waals surface area contributed by atoms with Crippen molar-refractivity contribution in [1.82, 2.24) is 10.6 Å². The van der Waals surface area contributed by atoms with Gasteiger partial charge in [0.1, 0.15) is 6.61 Å². The Morgan fingerprint density at radius 1 is 1.33 bits per heavy atom. The lowest BCUT2D eigenvalue weighted by atomic mass is 9.96. The molecule has 0 aliphatic carbocycles. The third-order valence-electron chi connectivity index (χ3n) is 3.88. The summed E-state index contributed by atoms with van der Waals surface area (Å²) in [5, 5.41) is 6.33. The number of ether oxygens (including phenoxy) is 1. The van der Waals surface area contributed by atoms with Crippen molar-refractivity contribution >= 4 is 5.91 Å². The molecular weight excluding hydrogens is 264 g/mol. The number of carbonyl (C=O) groups excluding carboxylic acids is 1. The van der Waals surface area contributed by atoms with Crippen LogP contribution in [-0.4, -0.2) is 38.8 Å². The molecule has 1 aromatic rings. The van der Waals surface area contributed by atoms with E-state index in [9.17, 15) is 4.79 Å². The van der Waals surface area contributed by atoms with Crippen molar-refractivity contribution in [3.8, 4) is 0 Å². The fraction of sp³-hybridized carbons (Fsp3) is 0.588. The summed E-state index contributed by atoms with van der Waals surface area (Å²) in [6.07, 6.45) is 4.43. The minimum atomic E-state index is -0.00756. The van der Waals surface area contributed by atoms with Crippen LogP contribution in [0.25, 0.3) is 0 Å². The molecule has 0 radical (unpaired) electrons. The molecule has 1 fully saturated rings. The molecule has 2 N–H and O–H groups in total. The Morgan fingerprint density at radius 2 is 2.19 bits per heavy atom. The van der Waals surface area contributed by atoms with Gasteiger partial charge in [-0.25, -0.2) is 0 Å². The molecule has 2 rings (SSSR count). The Bertz CT molecular complexity index is 403. The van der Waals surface area contributed by atoms with Crippen LogP contribution >= 0.6 is 0 Å². The van der Waals surface area contributed by atoms with Gasteiger partial charge in [-0.05, 0) is 50.3 Å². The Kier molecular flexibility index (Phi) is 7.25. The Morgan fingerprint density at radius 3 is 2.95 bits per heavy atom. The lowest BCUT2D eigenvalue weighted by Crippen LogP contribution is -2.34. The standard InChI is InChI=1S/C17H26N2O2/c20-17(19-11-8-16-7-4-10-18-13-16)14-21-12-9-15-5-2-1-3-6-15/h1-3,5-6,16,18H,4,7-14H2,(H,19,20). The molecule has 1 aliphatic rings. The first-order chi connectivity index (χ1) is 10.3. The van der Waals surface area contributed by atoms with E-state index in [2.05, 4.69) is 22.8 Å². The Balaban J connectivity index is 1.47. The van der Waals surface area contributed by atoms with E-state index in [0.29, 0.717) is 12.5 Å². The van der Waals surface area contributed by atoms with Crippen LogP contribution in [0.1, 0.15) is 24.8 Å². The number of amides is 1. The molecule has 1 aliphatic heterocycles. The summed E-state index contributed by atoms with van der Waals surface area (Å²) >= 11 is 0. The van der Waals surface area contributed by atoms with Crippen LogP contribution in [0.5, 0.6) is 0 Å². The van der Waals surface area contributed by atoms with Crippen LogP contribution < -0.4 is 10.6 Å². The molecule has 0 aromatic heterocycles. The normalized spacial score (nSPS) is 18.4. The molecule has 1 saturated heterocycles. The van der Waals surface area contributed by atoms with Crippen molar-refractivity contribution in [3.05, 3.63) is 35.9 Å². The zero-order valence-electron chi connectivity index (χ0n) is 12.6. The molecule has 1 atom stereocenters. The van der Waals surface area contributed by atoms with Gasteiger partial charge in [0.2, 0.25) is 5.91 Å². The van der Waals surface area contributed by atoms with Gasteiger partial charge < -0.3 is 15.4 Å². The number of carbonyl (C=O) groups is 1. The van der Waals surface area contributed by atoms with Gasteiger partial charge in [-0.1, -0.05) is 30.3 Å². The Hall–Kier alpha value is -1.39. The minimum absolute atomic E-state index is 0.00756. The number of hydrogen-bond donors (Lipinski definition) is 2. The number of hydrogen-bond acceptors (Lipinski definition) is 3. The second kappa shape index (κ2) is 9.53. The highest BCUT2D eigenvalue weighted by molar-refractivity contribution is 5.77. The van der Waals surface area contributed by atoms with Gasteiger partial charge in [0.25, 0.3) is 0 Å². The molecule has 21 heavy (non-hydrogen) atoms. The second-order valence-electron chi connectivity index (χ2n) is 5.64. The zero-order chi connectivity index (χ0) is 14.8. The van der Waals surface area contributed by atoms with E-state index >= 15 is 0 Å². The topological polar surface area (TPSA) is 50.4 Å². The fourth-order valence-corrected chi connectivity index (χ4v) is 2.64. The van der Waals surface area contributed by atoms with Gasteiger partial charge in [-0.2, -0.15) is 0 Å². The lowest BCUT2D eigenvalue weighted by molar-refractivity contribution is -0.125. The third kappa shape index (κ3) is 6.74. The van der Waals surface area contributed by atoms with E-state index in [-0.39, 0.29) is 12.5 Å². The monoisotopic (exact) mass is 290 g/mol. The SMILES string of the molecule is O=C(COCCc1ccccc1)NCCC1CCCNC1. The predicted molar refractivity (Wildman–Crippen MR) is 84.2 cm³/mol. The van der Waals surface area contributed by atoms with E-state index in [1.54, 1.807) is 0 Å². The van der Waals surface area contributed by atoms with Crippen LogP contribution in [0.4, 0.5) is 0 Å². The first-order valence-electron chi connectivity index (χ1n) is 7.93. The van der Waals surface area contributed by atoms with Crippen LogP contribution in [0.15, 0.2) is 30.3 Å². The van der Waals surface area contributed by atoms with Crippen molar-refractivity contribution in [2.75, 3.05) is 32.8 Å². The van der Waals surface area contributed by atoms with Crippen LogP contribution in [0.2, 0.25) is 0 Å². The van der Waals surface area contributed by atoms with Crippen molar-refractivity contribution in [2.45, 2.75) is 25.7 Å². The Labute approximate surface area is 127 Å². The molecule has 4 nitrogen and oxygen atoms in total. The first kappa shape index (κ1) is 16.0.